The fraction of sp³-hybridized carbons (Fsp3) is 0.364. The van der Waals surface area contributed by atoms with Crippen LogP contribution in [0.4, 0.5) is 0 Å². The zero-order valence-electron chi connectivity index (χ0n) is 8.90. The summed E-state index contributed by atoms with van der Waals surface area (Å²) in [7, 11) is 0. The van der Waals surface area contributed by atoms with Crippen molar-refractivity contribution in [1.29, 1.82) is 0 Å². The Morgan fingerprint density at radius 2 is 1.87 bits per heavy atom. The van der Waals surface area contributed by atoms with Crippen molar-refractivity contribution in [2.75, 3.05) is 6.73 Å². The van der Waals surface area contributed by atoms with Gasteiger partial charge in [0.25, 0.3) is 0 Å². The zero-order chi connectivity index (χ0) is 10.6. The van der Waals surface area contributed by atoms with Crippen LogP contribution >= 0.6 is 12.4 Å². The van der Waals surface area contributed by atoms with E-state index in [1.165, 1.54) is 0 Å². The largest absolute Gasteiger partial charge is 0.449 e. The lowest BCUT2D eigenvalue weighted by Crippen LogP contribution is -2.32. The second kappa shape index (κ2) is 5.73. The van der Waals surface area contributed by atoms with Gasteiger partial charge in [-0.2, -0.15) is 0 Å². The van der Waals surface area contributed by atoms with Crippen LogP contribution in [0.3, 0.4) is 0 Å². The van der Waals surface area contributed by atoms with Gasteiger partial charge in [-0.05, 0) is 19.4 Å². The second-order valence-corrected chi connectivity index (χ2v) is 3.59. The summed E-state index contributed by atoms with van der Waals surface area (Å²) in [5.41, 5.74) is 5.45. The van der Waals surface area contributed by atoms with Gasteiger partial charge in [0.05, 0.1) is 5.41 Å². The third kappa shape index (κ3) is 3.22. The maximum atomic E-state index is 11.6. The SMILES string of the molecule is CC(C)(C(=O)OCN)c1ccccc1.Cl. The number of carbonyl (C=O) groups is 1. The molecule has 0 heterocycles. The van der Waals surface area contributed by atoms with Crippen LogP contribution in [0.2, 0.25) is 0 Å². The molecule has 4 heteroatoms. The van der Waals surface area contributed by atoms with Gasteiger partial charge in [-0.1, -0.05) is 30.3 Å². The number of hydrogen-bond donors (Lipinski definition) is 1. The molecule has 1 aromatic rings. The molecular formula is C11H16ClNO2. The average Bonchev–Trinajstić information content (AvgIpc) is 2.19. The van der Waals surface area contributed by atoms with E-state index in [1.807, 2.05) is 44.2 Å². The van der Waals surface area contributed by atoms with Gasteiger partial charge in [-0.25, -0.2) is 0 Å². The summed E-state index contributed by atoms with van der Waals surface area (Å²) in [6, 6.07) is 9.50. The van der Waals surface area contributed by atoms with E-state index in [4.69, 9.17) is 10.5 Å². The van der Waals surface area contributed by atoms with Gasteiger partial charge in [-0.15, -0.1) is 12.4 Å². The maximum Gasteiger partial charge on any atom is 0.317 e. The van der Waals surface area contributed by atoms with Gasteiger partial charge in [0.2, 0.25) is 0 Å². The number of hydrogen-bond acceptors (Lipinski definition) is 3. The summed E-state index contributed by atoms with van der Waals surface area (Å²) in [5, 5.41) is 0. The van der Waals surface area contributed by atoms with Crippen LogP contribution in [0.5, 0.6) is 0 Å². The number of rotatable bonds is 3. The van der Waals surface area contributed by atoms with Crippen molar-refractivity contribution in [1.82, 2.24) is 0 Å². The molecule has 0 aliphatic rings. The Kier molecular flexibility index (Phi) is 5.33. The van der Waals surface area contributed by atoms with Gasteiger partial charge >= 0.3 is 5.97 Å². The van der Waals surface area contributed by atoms with Gasteiger partial charge in [-0.3, -0.25) is 10.5 Å². The zero-order valence-corrected chi connectivity index (χ0v) is 9.71. The van der Waals surface area contributed by atoms with Crippen LogP contribution in [-0.4, -0.2) is 12.7 Å². The quantitative estimate of drug-likeness (QED) is 0.636. The number of ether oxygens (including phenoxy) is 1. The van der Waals surface area contributed by atoms with Crippen molar-refractivity contribution in [2.24, 2.45) is 5.73 Å². The smallest absolute Gasteiger partial charge is 0.317 e. The van der Waals surface area contributed by atoms with E-state index in [-0.39, 0.29) is 25.1 Å². The third-order valence-corrected chi connectivity index (χ3v) is 2.22. The Labute approximate surface area is 96.0 Å². The Morgan fingerprint density at radius 3 is 2.33 bits per heavy atom. The van der Waals surface area contributed by atoms with Crippen LogP contribution in [-0.2, 0) is 14.9 Å². The summed E-state index contributed by atoms with van der Waals surface area (Å²) in [6.45, 7) is 3.57. The highest BCUT2D eigenvalue weighted by molar-refractivity contribution is 5.85. The highest BCUT2D eigenvalue weighted by Crippen LogP contribution is 2.23. The van der Waals surface area contributed by atoms with Crippen molar-refractivity contribution in [3.63, 3.8) is 0 Å². The monoisotopic (exact) mass is 229 g/mol. The molecule has 0 amide bonds. The predicted molar refractivity (Wildman–Crippen MR) is 61.9 cm³/mol. The van der Waals surface area contributed by atoms with E-state index >= 15 is 0 Å². The molecule has 3 nitrogen and oxygen atoms in total. The van der Waals surface area contributed by atoms with Crippen LogP contribution in [0.25, 0.3) is 0 Å². The lowest BCUT2D eigenvalue weighted by Gasteiger charge is -2.22. The van der Waals surface area contributed by atoms with Crippen molar-refractivity contribution in [2.45, 2.75) is 19.3 Å². The lowest BCUT2D eigenvalue weighted by atomic mass is 9.85. The van der Waals surface area contributed by atoms with E-state index < -0.39 is 5.41 Å². The minimum atomic E-state index is -0.638. The summed E-state index contributed by atoms with van der Waals surface area (Å²) < 4.78 is 4.80. The molecule has 0 radical (unpaired) electrons. The minimum Gasteiger partial charge on any atom is -0.449 e. The molecular weight excluding hydrogens is 214 g/mol. The Hall–Kier alpha value is -1.06. The summed E-state index contributed by atoms with van der Waals surface area (Å²) in [5.74, 6) is -0.300. The van der Waals surface area contributed by atoms with Gasteiger partial charge in [0.15, 0.2) is 0 Å². The third-order valence-electron chi connectivity index (χ3n) is 2.22. The fourth-order valence-electron chi connectivity index (χ4n) is 1.23. The van der Waals surface area contributed by atoms with E-state index in [0.717, 1.165) is 5.56 Å². The molecule has 0 unspecified atom stereocenters. The van der Waals surface area contributed by atoms with Crippen molar-refractivity contribution in [3.8, 4) is 0 Å². The van der Waals surface area contributed by atoms with Gasteiger partial charge in [0.1, 0.15) is 6.73 Å². The molecule has 0 bridgehead atoms. The highest BCUT2D eigenvalue weighted by Gasteiger charge is 2.30. The van der Waals surface area contributed by atoms with E-state index in [1.54, 1.807) is 0 Å². The first-order chi connectivity index (χ1) is 6.59. The number of benzene rings is 1. The summed E-state index contributed by atoms with van der Waals surface area (Å²) in [4.78, 5) is 11.6. The number of carbonyl (C=O) groups excluding carboxylic acids is 1. The molecule has 2 N–H and O–H groups in total. The standard InChI is InChI=1S/C11H15NO2.ClH/c1-11(2,10(13)14-8-12)9-6-4-3-5-7-9;/h3-7H,8,12H2,1-2H3;1H. The summed E-state index contributed by atoms with van der Waals surface area (Å²) >= 11 is 0. The molecule has 1 aromatic carbocycles. The number of esters is 1. The average molecular weight is 230 g/mol. The topological polar surface area (TPSA) is 52.3 Å². The molecule has 0 spiro atoms. The normalized spacial score (nSPS) is 10.3. The van der Waals surface area contributed by atoms with Crippen LogP contribution in [0, 0.1) is 0 Å². The number of nitrogens with two attached hydrogens (primary N) is 1. The van der Waals surface area contributed by atoms with E-state index in [9.17, 15) is 4.79 Å². The van der Waals surface area contributed by atoms with Crippen molar-refractivity contribution in [3.05, 3.63) is 35.9 Å². The highest BCUT2D eigenvalue weighted by atomic mass is 35.5. The van der Waals surface area contributed by atoms with Crippen LogP contribution < -0.4 is 5.73 Å². The molecule has 15 heavy (non-hydrogen) atoms. The maximum absolute atomic E-state index is 11.6. The molecule has 0 saturated carbocycles. The predicted octanol–water partition coefficient (Wildman–Crippen LogP) is 1.85. The molecule has 0 atom stereocenters. The second-order valence-electron chi connectivity index (χ2n) is 3.59. The van der Waals surface area contributed by atoms with E-state index in [2.05, 4.69) is 0 Å². The molecule has 1 rings (SSSR count). The fourth-order valence-corrected chi connectivity index (χ4v) is 1.23. The minimum absolute atomic E-state index is 0. The van der Waals surface area contributed by atoms with Gasteiger partial charge in [0, 0.05) is 0 Å². The van der Waals surface area contributed by atoms with E-state index in [0.29, 0.717) is 0 Å². The first-order valence-electron chi connectivity index (χ1n) is 4.52. The molecule has 0 fully saturated rings. The Morgan fingerprint density at radius 1 is 1.33 bits per heavy atom. The molecule has 0 aliphatic carbocycles. The van der Waals surface area contributed by atoms with Gasteiger partial charge < -0.3 is 4.74 Å². The summed E-state index contributed by atoms with van der Waals surface area (Å²) in [6.07, 6.45) is 0. The Balaban J connectivity index is 0.00000196. The van der Waals surface area contributed by atoms with Crippen LogP contribution in [0.1, 0.15) is 19.4 Å². The first-order valence-corrected chi connectivity index (χ1v) is 4.52. The number of halogens is 1. The molecule has 0 aliphatic heterocycles. The molecule has 0 saturated heterocycles. The molecule has 0 aromatic heterocycles. The van der Waals surface area contributed by atoms with Crippen molar-refractivity contribution < 1.29 is 9.53 Å². The first kappa shape index (κ1) is 13.9. The Bertz CT molecular complexity index is 312. The lowest BCUT2D eigenvalue weighted by molar-refractivity contribution is -0.149. The molecule has 84 valence electrons. The van der Waals surface area contributed by atoms with Crippen LogP contribution in [0.15, 0.2) is 30.3 Å². The van der Waals surface area contributed by atoms with Crippen molar-refractivity contribution >= 4 is 18.4 Å².